The first-order valence-corrected chi connectivity index (χ1v) is 6.93. The molecule has 100 valence electrons. The van der Waals surface area contributed by atoms with Gasteiger partial charge in [-0.05, 0) is 26.2 Å². The zero-order chi connectivity index (χ0) is 12.9. The fourth-order valence-corrected chi connectivity index (χ4v) is 2.27. The molecular weight excluding hydrogens is 261 g/mol. The maximum absolute atomic E-state index is 11.8. The molecule has 0 aromatic rings. The molecule has 0 bridgehead atoms. The molecule has 1 rings (SSSR count). The second-order valence-corrected chi connectivity index (χ2v) is 6.27. The molecule has 1 N–H and O–H groups in total. The summed E-state index contributed by atoms with van der Waals surface area (Å²) in [6.45, 7) is 6.02. The summed E-state index contributed by atoms with van der Waals surface area (Å²) in [4.78, 5) is 11.8. The Kier molecular flexibility index (Phi) is 5.55. The van der Waals surface area contributed by atoms with Crippen LogP contribution < -0.4 is 5.32 Å². The van der Waals surface area contributed by atoms with Gasteiger partial charge >= 0.3 is 0 Å². The molecule has 0 aliphatic heterocycles. The van der Waals surface area contributed by atoms with Crippen molar-refractivity contribution in [3.63, 3.8) is 0 Å². The smallest absolute Gasteiger partial charge is 0.229 e. The Morgan fingerprint density at radius 3 is 2.47 bits per heavy atom. The highest BCUT2D eigenvalue weighted by atomic mass is 35.5. The summed E-state index contributed by atoms with van der Waals surface area (Å²) in [6.07, 6.45) is 3.58. The number of rotatable bonds is 8. The van der Waals surface area contributed by atoms with Crippen LogP contribution in [0.2, 0.25) is 0 Å². The Balaban J connectivity index is 2.02. The van der Waals surface area contributed by atoms with Crippen LogP contribution in [0.3, 0.4) is 0 Å². The van der Waals surface area contributed by atoms with Crippen molar-refractivity contribution in [2.45, 2.75) is 43.9 Å². The van der Waals surface area contributed by atoms with Crippen LogP contribution >= 0.6 is 23.2 Å². The zero-order valence-electron chi connectivity index (χ0n) is 10.5. The van der Waals surface area contributed by atoms with E-state index in [-0.39, 0.29) is 5.91 Å². The van der Waals surface area contributed by atoms with Gasteiger partial charge in [-0.2, -0.15) is 0 Å². The van der Waals surface area contributed by atoms with Gasteiger partial charge in [-0.1, -0.05) is 13.3 Å². The van der Waals surface area contributed by atoms with Crippen molar-refractivity contribution in [3.8, 4) is 0 Å². The third-order valence-corrected chi connectivity index (χ3v) is 4.25. The van der Waals surface area contributed by atoms with Crippen LogP contribution in [0, 0.1) is 5.41 Å². The molecule has 1 fully saturated rings. The van der Waals surface area contributed by atoms with Crippen molar-refractivity contribution in [1.82, 2.24) is 5.32 Å². The third-order valence-electron chi connectivity index (χ3n) is 3.15. The van der Waals surface area contributed by atoms with Crippen LogP contribution in [0.4, 0.5) is 0 Å². The van der Waals surface area contributed by atoms with Crippen LogP contribution in [-0.4, -0.2) is 30.0 Å². The van der Waals surface area contributed by atoms with Crippen LogP contribution in [0.5, 0.6) is 0 Å². The second-order valence-electron chi connectivity index (χ2n) is 4.79. The lowest BCUT2D eigenvalue weighted by Crippen LogP contribution is -2.34. The van der Waals surface area contributed by atoms with Crippen LogP contribution in [0.1, 0.15) is 39.5 Å². The number of unbranched alkanes of at least 4 members (excludes halogenated alkanes) is 1. The maximum Gasteiger partial charge on any atom is 0.229 e. The first-order chi connectivity index (χ1) is 7.94. The highest BCUT2D eigenvalue weighted by molar-refractivity contribution is 6.53. The van der Waals surface area contributed by atoms with Crippen molar-refractivity contribution in [3.05, 3.63) is 0 Å². The summed E-state index contributed by atoms with van der Waals surface area (Å²) in [5.74, 6) is -0.0592. The number of nitrogens with one attached hydrogen (secondary N) is 1. The average molecular weight is 282 g/mol. The third kappa shape index (κ3) is 4.01. The van der Waals surface area contributed by atoms with E-state index in [1.54, 1.807) is 6.92 Å². The number of halogens is 2. The molecule has 1 unspecified atom stereocenters. The van der Waals surface area contributed by atoms with Gasteiger partial charge in [-0.3, -0.25) is 4.79 Å². The Morgan fingerprint density at radius 1 is 1.35 bits per heavy atom. The standard InChI is InChI=1S/C12H21Cl2NO2/c1-3-4-7-17-8-5-6-15-10(16)11(2)9-12(11,13)14/h3-9H2,1-2H3,(H,15,16). The van der Waals surface area contributed by atoms with Crippen molar-refractivity contribution in [2.24, 2.45) is 5.41 Å². The molecule has 0 spiro atoms. The van der Waals surface area contributed by atoms with E-state index < -0.39 is 9.75 Å². The predicted octanol–water partition coefficient (Wildman–Crippen LogP) is 2.89. The minimum absolute atomic E-state index is 0.0592. The van der Waals surface area contributed by atoms with Crippen molar-refractivity contribution in [2.75, 3.05) is 19.8 Å². The molecule has 1 aliphatic carbocycles. The molecule has 1 atom stereocenters. The van der Waals surface area contributed by atoms with E-state index in [1.165, 1.54) is 0 Å². The lowest BCUT2D eigenvalue weighted by molar-refractivity contribution is -0.125. The number of amides is 1. The van der Waals surface area contributed by atoms with Gasteiger partial charge in [0, 0.05) is 19.8 Å². The van der Waals surface area contributed by atoms with E-state index in [2.05, 4.69) is 12.2 Å². The molecule has 1 saturated carbocycles. The lowest BCUT2D eigenvalue weighted by Gasteiger charge is -2.12. The molecule has 1 amide bonds. The van der Waals surface area contributed by atoms with Gasteiger partial charge < -0.3 is 10.1 Å². The number of carbonyl (C=O) groups excluding carboxylic acids is 1. The molecular formula is C12H21Cl2NO2. The van der Waals surface area contributed by atoms with E-state index in [1.807, 2.05) is 0 Å². The summed E-state index contributed by atoms with van der Waals surface area (Å²) in [5.41, 5.74) is -0.612. The van der Waals surface area contributed by atoms with E-state index in [9.17, 15) is 4.79 Å². The highest BCUT2D eigenvalue weighted by Gasteiger charge is 2.67. The molecule has 0 heterocycles. The summed E-state index contributed by atoms with van der Waals surface area (Å²) >= 11 is 11.8. The Hall–Kier alpha value is 0.01000. The molecule has 0 radical (unpaired) electrons. The highest BCUT2D eigenvalue weighted by Crippen LogP contribution is 2.63. The van der Waals surface area contributed by atoms with Gasteiger partial charge in [-0.25, -0.2) is 0 Å². The first kappa shape index (κ1) is 15.1. The van der Waals surface area contributed by atoms with E-state index >= 15 is 0 Å². The van der Waals surface area contributed by atoms with E-state index in [0.29, 0.717) is 19.6 Å². The molecule has 5 heteroatoms. The Morgan fingerprint density at radius 2 is 1.94 bits per heavy atom. The summed E-state index contributed by atoms with van der Waals surface area (Å²) in [7, 11) is 0. The number of hydrogen-bond donors (Lipinski definition) is 1. The number of carbonyl (C=O) groups is 1. The fraction of sp³-hybridized carbons (Fsp3) is 0.917. The molecule has 0 aromatic heterocycles. The van der Waals surface area contributed by atoms with E-state index in [0.717, 1.165) is 25.9 Å². The Labute approximate surface area is 113 Å². The molecule has 0 aromatic carbocycles. The van der Waals surface area contributed by atoms with Gasteiger partial charge in [0.2, 0.25) is 5.91 Å². The summed E-state index contributed by atoms with van der Waals surface area (Å²) in [6, 6.07) is 0. The minimum atomic E-state index is -0.880. The molecule has 3 nitrogen and oxygen atoms in total. The average Bonchev–Trinajstić information content (AvgIpc) is 2.78. The minimum Gasteiger partial charge on any atom is -0.381 e. The van der Waals surface area contributed by atoms with Crippen molar-refractivity contribution < 1.29 is 9.53 Å². The van der Waals surface area contributed by atoms with Gasteiger partial charge in [0.1, 0.15) is 4.33 Å². The van der Waals surface area contributed by atoms with Gasteiger partial charge in [0.15, 0.2) is 0 Å². The van der Waals surface area contributed by atoms with Crippen molar-refractivity contribution in [1.29, 1.82) is 0 Å². The van der Waals surface area contributed by atoms with Crippen LogP contribution in [-0.2, 0) is 9.53 Å². The largest absolute Gasteiger partial charge is 0.381 e. The number of hydrogen-bond acceptors (Lipinski definition) is 2. The molecule has 0 saturated heterocycles. The Bertz CT molecular complexity index is 271. The first-order valence-electron chi connectivity index (χ1n) is 6.18. The van der Waals surface area contributed by atoms with Crippen molar-refractivity contribution >= 4 is 29.1 Å². The summed E-state index contributed by atoms with van der Waals surface area (Å²) in [5, 5.41) is 2.84. The number of alkyl halides is 2. The number of ether oxygens (including phenoxy) is 1. The molecule has 1 aliphatic rings. The predicted molar refractivity (Wildman–Crippen MR) is 70.5 cm³/mol. The van der Waals surface area contributed by atoms with Gasteiger partial charge in [0.25, 0.3) is 0 Å². The summed E-state index contributed by atoms with van der Waals surface area (Å²) < 4.78 is 4.51. The van der Waals surface area contributed by atoms with Crippen LogP contribution in [0.25, 0.3) is 0 Å². The topological polar surface area (TPSA) is 38.3 Å². The normalized spacial score (nSPS) is 25.6. The van der Waals surface area contributed by atoms with E-state index in [4.69, 9.17) is 27.9 Å². The zero-order valence-corrected chi connectivity index (χ0v) is 12.0. The monoisotopic (exact) mass is 281 g/mol. The molecule has 17 heavy (non-hydrogen) atoms. The second kappa shape index (κ2) is 6.26. The van der Waals surface area contributed by atoms with Gasteiger partial charge in [0.05, 0.1) is 5.41 Å². The fourth-order valence-electron chi connectivity index (χ4n) is 1.57. The van der Waals surface area contributed by atoms with Gasteiger partial charge in [-0.15, -0.1) is 23.2 Å². The quantitative estimate of drug-likeness (QED) is 0.549. The maximum atomic E-state index is 11.8. The lowest BCUT2D eigenvalue weighted by atomic mass is 10.1. The van der Waals surface area contributed by atoms with Crippen LogP contribution in [0.15, 0.2) is 0 Å². The SMILES string of the molecule is CCCCOCCCNC(=O)C1(C)CC1(Cl)Cl.